The van der Waals surface area contributed by atoms with Crippen molar-refractivity contribution in [3.8, 4) is 0 Å². The first-order valence-corrected chi connectivity index (χ1v) is 9.45. The van der Waals surface area contributed by atoms with Gasteiger partial charge in [-0.2, -0.15) is 0 Å². The average molecular weight is 369 g/mol. The Bertz CT molecular complexity index is 940. The number of hydrogen-bond donors (Lipinski definition) is 0. The van der Waals surface area contributed by atoms with E-state index in [1.807, 2.05) is 52.4 Å². The first-order valence-electron chi connectivity index (χ1n) is 8.57. The van der Waals surface area contributed by atoms with Crippen LogP contribution >= 0.6 is 11.3 Å². The molecule has 1 aromatic carbocycles. The maximum Gasteiger partial charge on any atom is 0.264 e. The fraction of sp³-hybridized carbons (Fsp3) is 0.316. The largest absolute Gasteiger partial charge is 0.441 e. The van der Waals surface area contributed by atoms with Crippen molar-refractivity contribution in [2.45, 2.75) is 13.3 Å². The molecule has 0 saturated carbocycles. The minimum absolute atomic E-state index is 0.0546. The second kappa shape index (κ2) is 6.92. The highest BCUT2D eigenvalue weighted by atomic mass is 32.1. The average Bonchev–Trinajstić information content (AvgIpc) is 3.29. The monoisotopic (exact) mass is 369 g/mol. The van der Waals surface area contributed by atoms with Gasteiger partial charge in [-0.1, -0.05) is 12.1 Å². The highest BCUT2D eigenvalue weighted by molar-refractivity contribution is 7.12. The molecule has 1 aliphatic heterocycles. The van der Waals surface area contributed by atoms with Gasteiger partial charge in [-0.15, -0.1) is 11.3 Å². The minimum atomic E-state index is 0.0546. The molecule has 3 aromatic rings. The first kappa shape index (κ1) is 16.8. The topological polar surface area (TPSA) is 66.7 Å². The summed E-state index contributed by atoms with van der Waals surface area (Å²) in [6.07, 6.45) is 0.334. The molecule has 1 aliphatic rings. The van der Waals surface area contributed by atoms with E-state index in [1.54, 1.807) is 0 Å². The van der Waals surface area contributed by atoms with E-state index < -0.39 is 0 Å². The third-order valence-electron chi connectivity index (χ3n) is 4.57. The number of amides is 2. The van der Waals surface area contributed by atoms with Crippen LogP contribution in [0.2, 0.25) is 0 Å². The number of carbonyl (C=O) groups is 2. The highest BCUT2D eigenvalue weighted by Crippen LogP contribution is 2.18. The molecule has 0 N–H and O–H groups in total. The zero-order chi connectivity index (χ0) is 18.1. The molecule has 1 fully saturated rings. The number of oxazole rings is 1. The number of rotatable bonds is 3. The molecule has 0 bridgehead atoms. The maximum atomic E-state index is 12.6. The molecule has 4 rings (SSSR count). The van der Waals surface area contributed by atoms with Crippen LogP contribution in [0.3, 0.4) is 0 Å². The second-order valence-corrected chi connectivity index (χ2v) is 7.31. The van der Waals surface area contributed by atoms with E-state index in [2.05, 4.69) is 4.98 Å². The van der Waals surface area contributed by atoms with Gasteiger partial charge in [-0.3, -0.25) is 9.59 Å². The fourth-order valence-corrected chi connectivity index (χ4v) is 3.89. The Labute approximate surface area is 155 Å². The molecule has 1 saturated heterocycles. The van der Waals surface area contributed by atoms with E-state index in [4.69, 9.17) is 4.42 Å². The lowest BCUT2D eigenvalue weighted by molar-refractivity contribution is -0.131. The van der Waals surface area contributed by atoms with Crippen molar-refractivity contribution in [3.05, 3.63) is 52.0 Å². The SMILES string of the molecule is Cc1nc2cc(CC(=O)N3CCN(C(=O)c4cccs4)CC3)ccc2o1. The van der Waals surface area contributed by atoms with Gasteiger partial charge in [0, 0.05) is 33.1 Å². The molecule has 3 heterocycles. The van der Waals surface area contributed by atoms with Crippen molar-refractivity contribution in [3.63, 3.8) is 0 Å². The van der Waals surface area contributed by atoms with Crippen LogP contribution in [-0.4, -0.2) is 52.8 Å². The summed E-state index contributed by atoms with van der Waals surface area (Å²) in [4.78, 5) is 33.7. The number of hydrogen-bond acceptors (Lipinski definition) is 5. The van der Waals surface area contributed by atoms with Gasteiger partial charge in [0.05, 0.1) is 11.3 Å². The lowest BCUT2D eigenvalue weighted by atomic mass is 10.1. The van der Waals surface area contributed by atoms with Crippen LogP contribution in [0.25, 0.3) is 11.1 Å². The van der Waals surface area contributed by atoms with Crippen LogP contribution in [0.1, 0.15) is 21.1 Å². The molecule has 7 heteroatoms. The van der Waals surface area contributed by atoms with Crippen LogP contribution in [0.4, 0.5) is 0 Å². The lowest BCUT2D eigenvalue weighted by Gasteiger charge is -2.34. The molecule has 0 unspecified atom stereocenters. The van der Waals surface area contributed by atoms with Crippen molar-refractivity contribution in [1.82, 2.24) is 14.8 Å². The number of benzene rings is 1. The summed E-state index contributed by atoms with van der Waals surface area (Å²) in [6.45, 7) is 4.10. The quantitative estimate of drug-likeness (QED) is 0.712. The zero-order valence-corrected chi connectivity index (χ0v) is 15.3. The van der Waals surface area contributed by atoms with Crippen molar-refractivity contribution < 1.29 is 14.0 Å². The third kappa shape index (κ3) is 3.35. The Morgan fingerprint density at radius 3 is 2.65 bits per heavy atom. The smallest absolute Gasteiger partial charge is 0.264 e. The standard InChI is InChI=1S/C19H19N3O3S/c1-13-20-15-11-14(4-5-16(15)25-13)12-18(23)21-6-8-22(9-7-21)19(24)17-3-2-10-26-17/h2-5,10-11H,6-9,12H2,1H3. The number of aromatic nitrogens is 1. The number of aryl methyl sites for hydroxylation is 1. The predicted molar refractivity (Wildman–Crippen MR) is 99.3 cm³/mol. The van der Waals surface area contributed by atoms with Gasteiger partial charge in [0.15, 0.2) is 11.5 Å². The van der Waals surface area contributed by atoms with Crippen molar-refractivity contribution in [1.29, 1.82) is 0 Å². The fourth-order valence-electron chi connectivity index (χ4n) is 3.20. The molecule has 0 atom stereocenters. The minimum Gasteiger partial charge on any atom is -0.441 e. The molecule has 2 aromatic heterocycles. The normalized spacial score (nSPS) is 14.8. The van der Waals surface area contributed by atoms with E-state index in [0.29, 0.717) is 38.5 Å². The maximum absolute atomic E-state index is 12.6. The zero-order valence-electron chi connectivity index (χ0n) is 14.5. The van der Waals surface area contributed by atoms with Crippen LogP contribution in [0, 0.1) is 6.92 Å². The number of carbonyl (C=O) groups excluding carboxylic acids is 2. The molecule has 0 aliphatic carbocycles. The van der Waals surface area contributed by atoms with Crippen LogP contribution in [0.15, 0.2) is 40.1 Å². The molecule has 134 valence electrons. The van der Waals surface area contributed by atoms with E-state index in [0.717, 1.165) is 21.5 Å². The molecule has 2 amide bonds. The van der Waals surface area contributed by atoms with E-state index in [1.165, 1.54) is 11.3 Å². The number of piperazine rings is 1. The summed E-state index contributed by atoms with van der Waals surface area (Å²) in [5.74, 6) is 0.752. The Morgan fingerprint density at radius 2 is 1.92 bits per heavy atom. The summed E-state index contributed by atoms with van der Waals surface area (Å²) < 4.78 is 5.47. The van der Waals surface area contributed by atoms with Crippen LogP contribution in [0.5, 0.6) is 0 Å². The predicted octanol–water partition coefficient (Wildman–Crippen LogP) is 2.72. The summed E-state index contributed by atoms with van der Waals surface area (Å²) >= 11 is 1.45. The molecule has 6 nitrogen and oxygen atoms in total. The molecule has 0 spiro atoms. The van der Waals surface area contributed by atoms with Gasteiger partial charge >= 0.3 is 0 Å². The van der Waals surface area contributed by atoms with Gasteiger partial charge < -0.3 is 14.2 Å². The van der Waals surface area contributed by atoms with Gasteiger partial charge in [-0.05, 0) is 29.1 Å². The highest BCUT2D eigenvalue weighted by Gasteiger charge is 2.25. The van der Waals surface area contributed by atoms with Crippen molar-refractivity contribution >= 4 is 34.3 Å². The van der Waals surface area contributed by atoms with Gasteiger partial charge in [0.1, 0.15) is 5.52 Å². The summed E-state index contributed by atoms with van der Waals surface area (Å²) in [6, 6.07) is 9.38. The van der Waals surface area contributed by atoms with Gasteiger partial charge in [-0.25, -0.2) is 4.98 Å². The Kier molecular flexibility index (Phi) is 4.46. The van der Waals surface area contributed by atoms with Crippen LogP contribution in [-0.2, 0) is 11.2 Å². The summed E-state index contributed by atoms with van der Waals surface area (Å²) in [7, 11) is 0. The van der Waals surface area contributed by atoms with Crippen molar-refractivity contribution in [2.24, 2.45) is 0 Å². The summed E-state index contributed by atoms with van der Waals surface area (Å²) in [5.41, 5.74) is 2.44. The molecule has 26 heavy (non-hydrogen) atoms. The van der Waals surface area contributed by atoms with Crippen molar-refractivity contribution in [2.75, 3.05) is 26.2 Å². The Morgan fingerprint density at radius 1 is 1.15 bits per heavy atom. The second-order valence-electron chi connectivity index (χ2n) is 6.36. The Balaban J connectivity index is 1.36. The van der Waals surface area contributed by atoms with E-state index >= 15 is 0 Å². The van der Waals surface area contributed by atoms with Gasteiger partial charge in [0.2, 0.25) is 5.91 Å². The van der Waals surface area contributed by atoms with E-state index in [9.17, 15) is 9.59 Å². The molecule has 0 radical (unpaired) electrons. The number of fused-ring (bicyclic) bond motifs is 1. The van der Waals surface area contributed by atoms with Gasteiger partial charge in [0.25, 0.3) is 5.91 Å². The third-order valence-corrected chi connectivity index (χ3v) is 5.42. The molecular formula is C19H19N3O3S. The number of thiophene rings is 1. The van der Waals surface area contributed by atoms with E-state index in [-0.39, 0.29) is 11.8 Å². The number of nitrogens with zero attached hydrogens (tertiary/aromatic N) is 3. The van der Waals surface area contributed by atoms with Crippen LogP contribution < -0.4 is 0 Å². The lowest BCUT2D eigenvalue weighted by Crippen LogP contribution is -2.50. The summed E-state index contributed by atoms with van der Waals surface area (Å²) in [5, 5.41) is 1.90. The molecular weight excluding hydrogens is 350 g/mol. The first-order chi connectivity index (χ1) is 12.6. The Hall–Kier alpha value is -2.67.